The molecule has 8 heavy (non-hydrogen) atoms. The normalized spacial score (nSPS) is 13.2. The molecule has 2 N–H and O–H groups in total. The second kappa shape index (κ2) is 4.15. The summed E-state index contributed by atoms with van der Waals surface area (Å²) in [6, 6.07) is 0. The largest absolute Gasteiger partial charge is 0.392 e. The zero-order valence-corrected chi connectivity index (χ0v) is 6.81. The van der Waals surface area contributed by atoms with Crippen molar-refractivity contribution >= 4 is 29.0 Å². The molecule has 0 aromatic rings. The Balaban J connectivity index is 3.32. The Morgan fingerprint density at radius 1 is 1.88 bits per heavy atom. The lowest BCUT2D eigenvalue weighted by atomic mass is 10.5. The molecule has 48 valence electrons. The average molecular weight is 149 g/mol. The molecule has 0 fully saturated rings. The first-order valence-electron chi connectivity index (χ1n) is 2.59. The Morgan fingerprint density at radius 3 is 2.50 bits per heavy atom. The smallest absolute Gasteiger partial charge is 0.0856 e. The number of hydrogen-bond acceptors (Lipinski definition) is 2. The minimum Gasteiger partial charge on any atom is -0.392 e. The van der Waals surface area contributed by atoms with Crippen molar-refractivity contribution in [1.82, 2.24) is 0 Å². The van der Waals surface area contributed by atoms with Gasteiger partial charge in [-0.3, -0.25) is 0 Å². The summed E-state index contributed by atoms with van der Waals surface area (Å²) in [6.45, 7) is 4.12. The minimum atomic E-state index is 0.343. The van der Waals surface area contributed by atoms with Gasteiger partial charge < -0.3 is 5.73 Å². The molecule has 0 bridgehead atoms. The predicted molar refractivity (Wildman–Crippen MR) is 44.4 cm³/mol. The van der Waals surface area contributed by atoms with E-state index in [-0.39, 0.29) is 0 Å². The highest BCUT2D eigenvalue weighted by Crippen LogP contribution is 2.08. The fraction of sp³-hybridized carbons (Fsp3) is 0.800. The van der Waals surface area contributed by atoms with Crippen LogP contribution in [0.4, 0.5) is 0 Å². The maximum absolute atomic E-state index is 5.33. The van der Waals surface area contributed by atoms with Gasteiger partial charge in [-0.1, -0.05) is 19.1 Å². The first-order valence-corrected chi connectivity index (χ1v) is 4.05. The molecule has 3 heteroatoms. The van der Waals surface area contributed by atoms with Crippen LogP contribution in [0.2, 0.25) is 0 Å². The highest BCUT2D eigenvalue weighted by atomic mass is 32.2. The van der Waals surface area contributed by atoms with Gasteiger partial charge in [-0.25, -0.2) is 0 Å². The van der Waals surface area contributed by atoms with E-state index in [4.69, 9.17) is 18.0 Å². The summed E-state index contributed by atoms with van der Waals surface area (Å²) < 4.78 is 0. The molecule has 0 rings (SSSR count). The number of rotatable bonds is 3. The van der Waals surface area contributed by atoms with Gasteiger partial charge >= 0.3 is 0 Å². The zero-order chi connectivity index (χ0) is 6.57. The number of thiocarbonyl (C=S) groups is 1. The van der Waals surface area contributed by atoms with Gasteiger partial charge in [-0.15, -0.1) is 0 Å². The second-order valence-corrected chi connectivity index (χ2v) is 3.59. The summed E-state index contributed by atoms with van der Waals surface area (Å²) in [5.41, 5.74) is 5.33. The van der Waals surface area contributed by atoms with Crippen molar-refractivity contribution in [3.05, 3.63) is 0 Å². The first-order chi connectivity index (χ1) is 3.68. The Morgan fingerprint density at radius 2 is 2.38 bits per heavy atom. The molecule has 0 aliphatic rings. The van der Waals surface area contributed by atoms with Gasteiger partial charge in [-0.05, 0) is 12.7 Å². The van der Waals surface area contributed by atoms with Gasteiger partial charge in [0.1, 0.15) is 0 Å². The zero-order valence-electron chi connectivity index (χ0n) is 5.18. The lowest BCUT2D eigenvalue weighted by Crippen LogP contribution is -2.20. The van der Waals surface area contributed by atoms with E-state index in [2.05, 4.69) is 6.92 Å². The molecule has 0 heterocycles. The maximum Gasteiger partial charge on any atom is 0.0856 e. The van der Waals surface area contributed by atoms with E-state index >= 15 is 0 Å². The SMILES string of the molecule is CCS[C@@H](C)C(N)=S. The molecular formula is C5H11NS2. The van der Waals surface area contributed by atoms with E-state index in [1.165, 1.54) is 0 Å². The van der Waals surface area contributed by atoms with Crippen LogP contribution in [-0.4, -0.2) is 16.0 Å². The van der Waals surface area contributed by atoms with Crippen LogP contribution in [0, 0.1) is 0 Å². The van der Waals surface area contributed by atoms with Crippen LogP contribution >= 0.6 is 24.0 Å². The van der Waals surface area contributed by atoms with E-state index in [9.17, 15) is 0 Å². The quantitative estimate of drug-likeness (QED) is 0.614. The molecule has 0 radical (unpaired) electrons. The van der Waals surface area contributed by atoms with Crippen LogP contribution in [0.25, 0.3) is 0 Å². The standard InChI is InChI=1S/C5H11NS2/c1-3-8-4(2)5(6)7/h4H,3H2,1-2H3,(H2,6,7)/t4-/m0/s1. The van der Waals surface area contributed by atoms with E-state index in [1.54, 1.807) is 11.8 Å². The fourth-order valence-electron chi connectivity index (χ4n) is 0.332. The Hall–Kier alpha value is 0.240. The van der Waals surface area contributed by atoms with Crippen molar-refractivity contribution in [2.75, 3.05) is 5.75 Å². The molecule has 0 saturated carbocycles. The third kappa shape index (κ3) is 3.27. The van der Waals surface area contributed by atoms with E-state index < -0.39 is 0 Å². The molecule has 1 nitrogen and oxygen atoms in total. The molecule has 0 aromatic heterocycles. The predicted octanol–water partition coefficient (Wildman–Crippen LogP) is 1.41. The van der Waals surface area contributed by atoms with E-state index in [0.717, 1.165) is 5.75 Å². The van der Waals surface area contributed by atoms with Crippen LogP contribution in [0.5, 0.6) is 0 Å². The number of hydrogen-bond donors (Lipinski definition) is 1. The second-order valence-electron chi connectivity index (χ2n) is 1.50. The third-order valence-corrected chi connectivity index (χ3v) is 2.41. The molecular weight excluding hydrogens is 138 g/mol. The summed E-state index contributed by atoms with van der Waals surface area (Å²) in [7, 11) is 0. The molecule has 0 amide bonds. The summed E-state index contributed by atoms with van der Waals surface area (Å²) in [6.07, 6.45) is 0. The van der Waals surface area contributed by atoms with Crippen molar-refractivity contribution in [2.45, 2.75) is 19.1 Å². The molecule has 0 unspecified atom stereocenters. The topological polar surface area (TPSA) is 26.0 Å². The van der Waals surface area contributed by atoms with Crippen molar-refractivity contribution in [3.8, 4) is 0 Å². The Kier molecular flexibility index (Phi) is 4.28. The molecule has 0 aliphatic heterocycles. The third-order valence-electron chi connectivity index (χ3n) is 0.817. The minimum absolute atomic E-state index is 0.343. The summed E-state index contributed by atoms with van der Waals surface area (Å²) >= 11 is 6.51. The van der Waals surface area contributed by atoms with Crippen molar-refractivity contribution in [3.63, 3.8) is 0 Å². The lowest BCUT2D eigenvalue weighted by molar-refractivity contribution is 1.30. The van der Waals surface area contributed by atoms with Crippen LogP contribution in [0.1, 0.15) is 13.8 Å². The van der Waals surface area contributed by atoms with Crippen LogP contribution in [0.3, 0.4) is 0 Å². The monoisotopic (exact) mass is 149 g/mol. The average Bonchev–Trinajstić information content (AvgIpc) is 1.67. The highest BCUT2D eigenvalue weighted by Gasteiger charge is 2.01. The fourth-order valence-corrected chi connectivity index (χ4v) is 1.20. The number of thioether (sulfide) groups is 1. The summed E-state index contributed by atoms with van der Waals surface area (Å²) in [5.74, 6) is 1.08. The summed E-state index contributed by atoms with van der Waals surface area (Å²) in [5, 5.41) is 0.343. The van der Waals surface area contributed by atoms with Crippen LogP contribution in [-0.2, 0) is 0 Å². The molecule has 1 atom stereocenters. The van der Waals surface area contributed by atoms with Gasteiger partial charge in [-0.2, -0.15) is 11.8 Å². The van der Waals surface area contributed by atoms with Gasteiger partial charge in [0.25, 0.3) is 0 Å². The first kappa shape index (κ1) is 8.24. The van der Waals surface area contributed by atoms with Gasteiger partial charge in [0.15, 0.2) is 0 Å². The Labute approximate surface area is 60.0 Å². The van der Waals surface area contributed by atoms with Gasteiger partial charge in [0.2, 0.25) is 0 Å². The highest BCUT2D eigenvalue weighted by molar-refractivity contribution is 8.01. The summed E-state index contributed by atoms with van der Waals surface area (Å²) in [4.78, 5) is 0.608. The van der Waals surface area contributed by atoms with Gasteiger partial charge in [0.05, 0.1) is 10.2 Å². The lowest BCUT2D eigenvalue weighted by Gasteiger charge is -2.04. The molecule has 0 spiro atoms. The van der Waals surface area contributed by atoms with Crippen LogP contribution in [0.15, 0.2) is 0 Å². The van der Waals surface area contributed by atoms with E-state index in [0.29, 0.717) is 10.2 Å². The van der Waals surface area contributed by atoms with Crippen molar-refractivity contribution in [1.29, 1.82) is 0 Å². The molecule has 0 saturated heterocycles. The molecule has 0 aromatic carbocycles. The maximum atomic E-state index is 5.33. The van der Waals surface area contributed by atoms with Crippen molar-refractivity contribution in [2.24, 2.45) is 5.73 Å². The Bertz CT molecular complexity index is 82.5. The van der Waals surface area contributed by atoms with Crippen LogP contribution < -0.4 is 5.73 Å². The number of nitrogens with two attached hydrogens (primary N) is 1. The van der Waals surface area contributed by atoms with Crippen molar-refractivity contribution < 1.29 is 0 Å². The van der Waals surface area contributed by atoms with E-state index in [1.807, 2.05) is 6.92 Å². The molecule has 0 aliphatic carbocycles. The van der Waals surface area contributed by atoms with Gasteiger partial charge in [0, 0.05) is 0 Å².